The Morgan fingerprint density at radius 3 is 2.61 bits per heavy atom. The van der Waals surface area contributed by atoms with Gasteiger partial charge in [-0.2, -0.15) is 0 Å². The first-order valence-electron chi connectivity index (χ1n) is 6.98. The minimum Gasteiger partial charge on any atom is -0.497 e. The van der Waals surface area contributed by atoms with Crippen LogP contribution in [0.1, 0.15) is 22.8 Å². The zero-order chi connectivity index (χ0) is 16.8. The van der Waals surface area contributed by atoms with Crippen LogP contribution in [0.3, 0.4) is 0 Å². The third kappa shape index (κ3) is 4.54. The van der Waals surface area contributed by atoms with E-state index in [1.807, 2.05) is 0 Å². The Kier molecular flexibility index (Phi) is 5.30. The number of amides is 2. The van der Waals surface area contributed by atoms with Crippen molar-refractivity contribution in [2.75, 3.05) is 12.4 Å². The number of nitrogens with one attached hydrogen (secondary N) is 2. The summed E-state index contributed by atoms with van der Waals surface area (Å²) in [7, 11) is 1.43. The zero-order valence-electron chi connectivity index (χ0n) is 12.9. The van der Waals surface area contributed by atoms with Crippen LogP contribution < -0.4 is 15.4 Å². The van der Waals surface area contributed by atoms with Crippen molar-refractivity contribution in [2.24, 2.45) is 0 Å². The average Bonchev–Trinajstić information content (AvgIpc) is 2.52. The summed E-state index contributed by atoms with van der Waals surface area (Å²) in [6.07, 6.45) is 0. The second-order valence-electron chi connectivity index (χ2n) is 4.91. The van der Waals surface area contributed by atoms with E-state index >= 15 is 0 Å². The van der Waals surface area contributed by atoms with Crippen molar-refractivity contribution in [3.63, 3.8) is 0 Å². The van der Waals surface area contributed by atoms with Gasteiger partial charge in [-0.25, -0.2) is 4.39 Å². The molecule has 0 unspecified atom stereocenters. The van der Waals surface area contributed by atoms with Crippen molar-refractivity contribution >= 4 is 17.5 Å². The zero-order valence-corrected chi connectivity index (χ0v) is 12.9. The molecule has 0 spiro atoms. The Labute approximate surface area is 133 Å². The molecule has 0 atom stereocenters. The first kappa shape index (κ1) is 16.5. The van der Waals surface area contributed by atoms with E-state index < -0.39 is 11.7 Å². The van der Waals surface area contributed by atoms with Gasteiger partial charge < -0.3 is 15.4 Å². The molecular formula is C17H17FN2O3. The van der Waals surface area contributed by atoms with E-state index in [2.05, 4.69) is 10.6 Å². The first-order valence-corrected chi connectivity index (χ1v) is 6.98. The van der Waals surface area contributed by atoms with Crippen molar-refractivity contribution in [2.45, 2.75) is 13.5 Å². The third-order valence-corrected chi connectivity index (χ3v) is 3.12. The third-order valence-electron chi connectivity index (χ3n) is 3.12. The molecule has 2 amide bonds. The van der Waals surface area contributed by atoms with Crippen LogP contribution in [0.15, 0.2) is 42.5 Å². The van der Waals surface area contributed by atoms with Crippen LogP contribution in [-0.4, -0.2) is 18.9 Å². The summed E-state index contributed by atoms with van der Waals surface area (Å²) in [6, 6.07) is 11.1. The highest BCUT2D eigenvalue weighted by molar-refractivity contribution is 5.94. The number of benzene rings is 2. The molecule has 0 aliphatic carbocycles. The van der Waals surface area contributed by atoms with E-state index in [0.717, 1.165) is 11.6 Å². The monoisotopic (exact) mass is 316 g/mol. The summed E-state index contributed by atoms with van der Waals surface area (Å²) in [5.41, 5.74) is 1.38. The lowest BCUT2D eigenvalue weighted by atomic mass is 10.1. The standard InChI is InChI=1S/C17H17FN2O3/c1-11(21)20-13-5-3-4-12(8-13)10-19-17(22)15-7-6-14(23-2)9-16(15)18/h3-9H,10H2,1-2H3,(H,19,22)(H,20,21). The maximum absolute atomic E-state index is 13.8. The quantitative estimate of drug-likeness (QED) is 0.891. The fourth-order valence-corrected chi connectivity index (χ4v) is 2.05. The number of ether oxygens (including phenoxy) is 1. The van der Waals surface area contributed by atoms with Gasteiger partial charge in [0.2, 0.25) is 5.91 Å². The summed E-state index contributed by atoms with van der Waals surface area (Å²) in [5, 5.41) is 5.30. The van der Waals surface area contributed by atoms with E-state index in [9.17, 15) is 14.0 Å². The Morgan fingerprint density at radius 1 is 1.17 bits per heavy atom. The van der Waals surface area contributed by atoms with E-state index in [1.54, 1.807) is 24.3 Å². The van der Waals surface area contributed by atoms with Crippen LogP contribution in [0, 0.1) is 5.82 Å². The van der Waals surface area contributed by atoms with Crippen molar-refractivity contribution in [1.82, 2.24) is 5.32 Å². The van der Waals surface area contributed by atoms with Crippen molar-refractivity contribution in [3.05, 3.63) is 59.4 Å². The van der Waals surface area contributed by atoms with Gasteiger partial charge in [0, 0.05) is 25.2 Å². The van der Waals surface area contributed by atoms with Gasteiger partial charge in [0.15, 0.2) is 0 Å². The van der Waals surface area contributed by atoms with Gasteiger partial charge in [-0.3, -0.25) is 9.59 Å². The molecule has 0 saturated carbocycles. The minimum absolute atomic E-state index is 0.0520. The molecule has 0 heterocycles. The smallest absolute Gasteiger partial charge is 0.254 e. The van der Waals surface area contributed by atoms with E-state index in [1.165, 1.54) is 26.2 Å². The molecule has 0 bridgehead atoms. The number of methoxy groups -OCH3 is 1. The molecule has 120 valence electrons. The van der Waals surface area contributed by atoms with Gasteiger partial charge in [0.1, 0.15) is 11.6 Å². The lowest BCUT2D eigenvalue weighted by molar-refractivity contribution is -0.114. The molecule has 0 radical (unpaired) electrons. The molecule has 2 N–H and O–H groups in total. The summed E-state index contributed by atoms with van der Waals surface area (Å²) < 4.78 is 18.7. The van der Waals surface area contributed by atoms with Crippen molar-refractivity contribution < 1.29 is 18.7 Å². The molecule has 6 heteroatoms. The lowest BCUT2D eigenvalue weighted by Gasteiger charge is -2.09. The number of hydrogen-bond donors (Lipinski definition) is 2. The minimum atomic E-state index is -0.645. The summed E-state index contributed by atoms with van der Waals surface area (Å²) in [6.45, 7) is 1.64. The molecule has 5 nitrogen and oxygen atoms in total. The highest BCUT2D eigenvalue weighted by Crippen LogP contribution is 2.16. The average molecular weight is 316 g/mol. The molecule has 2 aromatic rings. The van der Waals surface area contributed by atoms with Crippen molar-refractivity contribution in [1.29, 1.82) is 0 Å². The highest BCUT2D eigenvalue weighted by Gasteiger charge is 2.12. The summed E-state index contributed by atoms with van der Waals surface area (Å²) in [4.78, 5) is 23.1. The molecule has 0 aliphatic heterocycles. The van der Waals surface area contributed by atoms with Crippen LogP contribution in [-0.2, 0) is 11.3 Å². The van der Waals surface area contributed by atoms with Gasteiger partial charge >= 0.3 is 0 Å². The number of anilines is 1. The molecule has 0 aromatic heterocycles. The van der Waals surface area contributed by atoms with E-state index in [4.69, 9.17) is 4.74 Å². The molecule has 0 saturated heterocycles. The largest absolute Gasteiger partial charge is 0.497 e. The van der Waals surface area contributed by atoms with Crippen LogP contribution in [0.25, 0.3) is 0 Å². The Bertz CT molecular complexity index is 732. The number of carbonyl (C=O) groups is 2. The predicted octanol–water partition coefficient (Wildman–Crippen LogP) is 2.72. The van der Waals surface area contributed by atoms with Crippen LogP contribution in [0.5, 0.6) is 5.75 Å². The van der Waals surface area contributed by atoms with E-state index in [0.29, 0.717) is 11.4 Å². The molecular weight excluding hydrogens is 299 g/mol. The molecule has 2 rings (SSSR count). The Hall–Kier alpha value is -2.89. The highest BCUT2D eigenvalue weighted by atomic mass is 19.1. The fraction of sp³-hybridized carbons (Fsp3) is 0.176. The summed E-state index contributed by atoms with van der Waals surface area (Å²) >= 11 is 0. The molecule has 23 heavy (non-hydrogen) atoms. The predicted molar refractivity (Wildman–Crippen MR) is 84.9 cm³/mol. The van der Waals surface area contributed by atoms with Gasteiger partial charge in [-0.05, 0) is 29.8 Å². The van der Waals surface area contributed by atoms with Crippen LogP contribution in [0.2, 0.25) is 0 Å². The lowest BCUT2D eigenvalue weighted by Crippen LogP contribution is -2.23. The van der Waals surface area contributed by atoms with E-state index in [-0.39, 0.29) is 18.0 Å². The second-order valence-corrected chi connectivity index (χ2v) is 4.91. The first-order chi connectivity index (χ1) is 11.0. The van der Waals surface area contributed by atoms with Gasteiger partial charge in [-0.15, -0.1) is 0 Å². The molecule has 0 aliphatic rings. The number of carbonyl (C=O) groups excluding carboxylic acids is 2. The second kappa shape index (κ2) is 7.40. The van der Waals surface area contributed by atoms with Gasteiger partial charge in [-0.1, -0.05) is 12.1 Å². The van der Waals surface area contributed by atoms with Crippen LogP contribution in [0.4, 0.5) is 10.1 Å². The van der Waals surface area contributed by atoms with Gasteiger partial charge in [0.05, 0.1) is 12.7 Å². The number of halogens is 1. The Morgan fingerprint density at radius 2 is 1.96 bits per heavy atom. The van der Waals surface area contributed by atoms with Crippen molar-refractivity contribution in [3.8, 4) is 5.75 Å². The molecule has 2 aromatic carbocycles. The fourth-order valence-electron chi connectivity index (χ4n) is 2.05. The Balaban J connectivity index is 2.03. The maximum atomic E-state index is 13.8. The normalized spacial score (nSPS) is 10.0. The SMILES string of the molecule is COc1ccc(C(=O)NCc2cccc(NC(C)=O)c2)c(F)c1. The molecule has 0 fully saturated rings. The maximum Gasteiger partial charge on any atom is 0.254 e. The van der Waals surface area contributed by atoms with Gasteiger partial charge in [0.25, 0.3) is 5.91 Å². The summed E-state index contributed by atoms with van der Waals surface area (Å²) in [5.74, 6) is -0.988. The topological polar surface area (TPSA) is 67.4 Å². The number of hydrogen-bond acceptors (Lipinski definition) is 3. The number of rotatable bonds is 5. The van der Waals surface area contributed by atoms with Crippen LogP contribution >= 0.6 is 0 Å².